The van der Waals surface area contributed by atoms with Crippen molar-refractivity contribution < 1.29 is 4.74 Å². The molecule has 0 amide bonds. The molecule has 0 fully saturated rings. The van der Waals surface area contributed by atoms with E-state index in [1.165, 1.54) is 0 Å². The normalized spacial score (nSPS) is 12.6. The van der Waals surface area contributed by atoms with Gasteiger partial charge < -0.3 is 10.1 Å². The largest absolute Gasteiger partial charge is 0.383 e. The second kappa shape index (κ2) is 4.90. The molecule has 4 nitrogen and oxygen atoms in total. The van der Waals surface area contributed by atoms with Crippen LogP contribution in [0, 0.1) is 0 Å². The Balaban J connectivity index is 2.19. The summed E-state index contributed by atoms with van der Waals surface area (Å²) in [7, 11) is 1.70. The fourth-order valence-electron chi connectivity index (χ4n) is 1.63. The maximum absolute atomic E-state index is 5.07. The zero-order valence-electron chi connectivity index (χ0n) is 9.47. The maximum atomic E-state index is 5.07. The summed E-state index contributed by atoms with van der Waals surface area (Å²) in [6.45, 7) is 2.75. The van der Waals surface area contributed by atoms with Gasteiger partial charge in [-0.25, -0.2) is 0 Å². The van der Waals surface area contributed by atoms with Crippen molar-refractivity contribution in [2.24, 2.45) is 0 Å². The van der Waals surface area contributed by atoms with Crippen LogP contribution < -0.4 is 5.32 Å². The molecule has 0 saturated heterocycles. The first-order chi connectivity index (χ1) is 7.79. The summed E-state index contributed by atoms with van der Waals surface area (Å²) < 4.78 is 5.07. The fourth-order valence-corrected chi connectivity index (χ4v) is 1.63. The second-order valence-electron chi connectivity index (χ2n) is 3.76. The van der Waals surface area contributed by atoms with Crippen LogP contribution in [0.15, 0.2) is 30.6 Å². The lowest BCUT2D eigenvalue weighted by atomic mass is 10.2. The molecule has 0 aliphatic carbocycles. The highest BCUT2D eigenvalue weighted by Crippen LogP contribution is 2.15. The standard InChI is InChI=1S/C12H15N3O/c1-9(8-16-2)15-10-3-4-11-12(7-10)14-6-5-13-11/h3-7,9,15H,8H2,1-2H3. The molecule has 0 spiro atoms. The van der Waals surface area contributed by atoms with Gasteiger partial charge in [0.25, 0.3) is 0 Å². The number of fused-ring (bicyclic) bond motifs is 1. The van der Waals surface area contributed by atoms with Crippen LogP contribution in [0.1, 0.15) is 6.92 Å². The van der Waals surface area contributed by atoms with Crippen LogP contribution in [0.25, 0.3) is 11.0 Å². The minimum absolute atomic E-state index is 0.277. The van der Waals surface area contributed by atoms with Crippen LogP contribution in [-0.4, -0.2) is 29.7 Å². The predicted molar refractivity (Wildman–Crippen MR) is 64.5 cm³/mol. The Kier molecular flexibility index (Phi) is 3.31. The van der Waals surface area contributed by atoms with Gasteiger partial charge in [0.1, 0.15) is 0 Å². The molecule has 4 heteroatoms. The summed E-state index contributed by atoms with van der Waals surface area (Å²) in [6, 6.07) is 6.24. The summed E-state index contributed by atoms with van der Waals surface area (Å²) in [4.78, 5) is 8.48. The minimum Gasteiger partial charge on any atom is -0.383 e. The molecule has 1 heterocycles. The van der Waals surface area contributed by atoms with E-state index >= 15 is 0 Å². The molecule has 2 aromatic rings. The molecule has 1 aromatic carbocycles. The average molecular weight is 217 g/mol. The van der Waals surface area contributed by atoms with Crippen molar-refractivity contribution in [2.45, 2.75) is 13.0 Å². The van der Waals surface area contributed by atoms with Gasteiger partial charge in [-0.3, -0.25) is 9.97 Å². The molecular weight excluding hydrogens is 202 g/mol. The monoisotopic (exact) mass is 217 g/mol. The molecule has 16 heavy (non-hydrogen) atoms. The lowest BCUT2D eigenvalue weighted by Gasteiger charge is -2.14. The topological polar surface area (TPSA) is 47.0 Å². The smallest absolute Gasteiger partial charge is 0.0907 e. The van der Waals surface area contributed by atoms with Crippen LogP contribution >= 0.6 is 0 Å². The molecule has 1 aromatic heterocycles. The van der Waals surface area contributed by atoms with Crippen molar-refractivity contribution in [1.82, 2.24) is 9.97 Å². The lowest BCUT2D eigenvalue weighted by molar-refractivity contribution is 0.190. The van der Waals surface area contributed by atoms with Gasteiger partial charge in [-0.05, 0) is 25.1 Å². The number of hydrogen-bond acceptors (Lipinski definition) is 4. The van der Waals surface area contributed by atoms with Crippen molar-refractivity contribution in [3.8, 4) is 0 Å². The third kappa shape index (κ3) is 2.46. The van der Waals surface area contributed by atoms with E-state index in [0.717, 1.165) is 16.7 Å². The van der Waals surface area contributed by atoms with Crippen LogP contribution in [0.5, 0.6) is 0 Å². The zero-order chi connectivity index (χ0) is 11.4. The number of nitrogens with one attached hydrogen (secondary N) is 1. The molecule has 84 valence electrons. The van der Waals surface area contributed by atoms with Gasteiger partial charge in [0.2, 0.25) is 0 Å². The maximum Gasteiger partial charge on any atom is 0.0907 e. The van der Waals surface area contributed by atoms with Gasteiger partial charge >= 0.3 is 0 Å². The van der Waals surface area contributed by atoms with Gasteiger partial charge in [-0.2, -0.15) is 0 Å². The Hall–Kier alpha value is -1.68. The number of anilines is 1. The highest BCUT2D eigenvalue weighted by molar-refractivity contribution is 5.78. The van der Waals surface area contributed by atoms with E-state index in [9.17, 15) is 0 Å². The van der Waals surface area contributed by atoms with Gasteiger partial charge in [0, 0.05) is 31.2 Å². The first kappa shape index (κ1) is 10.8. The Morgan fingerprint density at radius 1 is 1.25 bits per heavy atom. The summed E-state index contributed by atoms with van der Waals surface area (Å²) in [5, 5.41) is 3.34. The SMILES string of the molecule is COCC(C)Nc1ccc2nccnc2c1. The van der Waals surface area contributed by atoms with Crippen molar-refractivity contribution in [3.63, 3.8) is 0 Å². The number of aromatic nitrogens is 2. The Labute approximate surface area is 94.7 Å². The summed E-state index contributed by atoms with van der Waals surface area (Å²) in [6.07, 6.45) is 3.40. The molecule has 2 rings (SSSR count). The van der Waals surface area contributed by atoms with E-state index < -0.39 is 0 Å². The first-order valence-corrected chi connectivity index (χ1v) is 5.26. The molecule has 0 bridgehead atoms. The van der Waals surface area contributed by atoms with Crippen LogP contribution in [0.3, 0.4) is 0 Å². The van der Waals surface area contributed by atoms with E-state index in [4.69, 9.17) is 4.74 Å². The summed E-state index contributed by atoms with van der Waals surface area (Å²) >= 11 is 0. The van der Waals surface area contributed by atoms with Crippen molar-refractivity contribution in [3.05, 3.63) is 30.6 Å². The highest BCUT2D eigenvalue weighted by Gasteiger charge is 2.02. The molecule has 1 atom stereocenters. The molecular formula is C12H15N3O. The molecule has 0 saturated carbocycles. The van der Waals surface area contributed by atoms with E-state index in [-0.39, 0.29) is 6.04 Å². The molecule has 0 radical (unpaired) electrons. The third-order valence-corrected chi connectivity index (χ3v) is 2.30. The number of ether oxygens (including phenoxy) is 1. The minimum atomic E-state index is 0.277. The quantitative estimate of drug-likeness (QED) is 0.851. The van der Waals surface area contributed by atoms with Gasteiger partial charge in [0.15, 0.2) is 0 Å². The number of rotatable bonds is 4. The molecule has 1 N–H and O–H groups in total. The Morgan fingerprint density at radius 2 is 2.00 bits per heavy atom. The third-order valence-electron chi connectivity index (χ3n) is 2.30. The van der Waals surface area contributed by atoms with Crippen LogP contribution in [0.4, 0.5) is 5.69 Å². The predicted octanol–water partition coefficient (Wildman–Crippen LogP) is 2.08. The number of methoxy groups -OCH3 is 1. The van der Waals surface area contributed by atoms with Crippen molar-refractivity contribution in [2.75, 3.05) is 19.0 Å². The van der Waals surface area contributed by atoms with Crippen LogP contribution in [0.2, 0.25) is 0 Å². The van der Waals surface area contributed by atoms with Crippen molar-refractivity contribution >= 4 is 16.7 Å². The van der Waals surface area contributed by atoms with Crippen molar-refractivity contribution in [1.29, 1.82) is 0 Å². The fraction of sp³-hybridized carbons (Fsp3) is 0.333. The Bertz CT molecular complexity index is 473. The molecule has 0 aliphatic heterocycles. The van der Waals surface area contributed by atoms with E-state index in [1.54, 1.807) is 19.5 Å². The number of nitrogens with zero attached hydrogens (tertiary/aromatic N) is 2. The highest BCUT2D eigenvalue weighted by atomic mass is 16.5. The summed E-state index contributed by atoms with van der Waals surface area (Å²) in [5.74, 6) is 0. The zero-order valence-corrected chi connectivity index (χ0v) is 9.47. The lowest BCUT2D eigenvalue weighted by Crippen LogP contribution is -2.20. The molecule has 0 aliphatic rings. The van der Waals surface area contributed by atoms with E-state index in [1.807, 2.05) is 18.2 Å². The second-order valence-corrected chi connectivity index (χ2v) is 3.76. The number of benzene rings is 1. The average Bonchev–Trinajstić information content (AvgIpc) is 2.29. The Morgan fingerprint density at radius 3 is 2.75 bits per heavy atom. The van der Waals surface area contributed by atoms with Crippen LogP contribution in [-0.2, 0) is 4.74 Å². The van der Waals surface area contributed by atoms with E-state index in [2.05, 4.69) is 22.2 Å². The van der Waals surface area contributed by atoms with Gasteiger partial charge in [-0.1, -0.05) is 0 Å². The first-order valence-electron chi connectivity index (χ1n) is 5.26. The van der Waals surface area contributed by atoms with Gasteiger partial charge in [-0.15, -0.1) is 0 Å². The van der Waals surface area contributed by atoms with E-state index in [0.29, 0.717) is 6.61 Å². The summed E-state index contributed by atoms with van der Waals surface area (Å²) in [5.41, 5.74) is 2.85. The van der Waals surface area contributed by atoms with Gasteiger partial charge in [0.05, 0.1) is 17.6 Å². The molecule has 1 unspecified atom stereocenters. The number of hydrogen-bond donors (Lipinski definition) is 1.